The minimum Gasteiger partial charge on any atom is -0.480 e. The van der Waals surface area contributed by atoms with Crippen LogP contribution in [-0.2, 0) is 9.45 Å². The van der Waals surface area contributed by atoms with Gasteiger partial charge in [-0.1, -0.05) is 0 Å². The van der Waals surface area contributed by atoms with E-state index in [1.54, 1.807) is 0 Å². The van der Waals surface area contributed by atoms with Gasteiger partial charge in [-0.2, -0.15) is 0 Å². The first-order valence-electron chi connectivity index (χ1n) is 2.19. The smallest absolute Gasteiger partial charge is 0.360 e. The molecule has 0 rings (SSSR count). The van der Waals surface area contributed by atoms with Gasteiger partial charge in [0.15, 0.2) is 0 Å². The quantitative estimate of drug-likeness (QED) is 0.350. The molecule has 0 aliphatic carbocycles. The van der Waals surface area contributed by atoms with Crippen LogP contribution in [0.1, 0.15) is 0 Å². The molecule has 0 atom stereocenters. The van der Waals surface area contributed by atoms with Crippen LogP contribution < -0.4 is 5.23 Å². The Morgan fingerprint density at radius 3 is 3.00 bits per heavy atom. The number of hydrogen-bond acceptors (Lipinski definition) is 3. The third-order valence-electron chi connectivity index (χ3n) is 0.523. The molecule has 0 aromatic carbocycles. The standard InChI is InChI=1S/C3H8BNO3/c1-8-4-5-2-3(6)7/h4-5H,2H2,1H3,(H,6,7). The minimum absolute atomic E-state index is 0.0478. The molecular formula is C3H8BNO3. The zero-order valence-electron chi connectivity index (χ0n) is 4.68. The highest BCUT2D eigenvalue weighted by Gasteiger charge is 1.93. The van der Waals surface area contributed by atoms with Gasteiger partial charge in [-0.3, -0.25) is 4.79 Å². The molecule has 0 aromatic rings. The summed E-state index contributed by atoms with van der Waals surface area (Å²) in [6.45, 7) is -0.0478. The molecule has 0 aliphatic rings. The number of nitrogens with one attached hydrogen (secondary N) is 1. The number of aliphatic carboxylic acids is 1. The van der Waals surface area contributed by atoms with E-state index in [9.17, 15) is 4.79 Å². The number of hydrogen-bond donors (Lipinski definition) is 2. The number of carboxylic acid groups (broad SMARTS) is 1. The lowest BCUT2D eigenvalue weighted by molar-refractivity contribution is -0.135. The average molecular weight is 117 g/mol. The highest BCUT2D eigenvalue weighted by molar-refractivity contribution is 6.23. The SMILES string of the molecule is COBNCC(=O)O. The molecule has 0 amide bonds. The van der Waals surface area contributed by atoms with Gasteiger partial charge in [0.05, 0.1) is 6.54 Å². The summed E-state index contributed by atoms with van der Waals surface area (Å²) >= 11 is 0. The molecule has 0 heterocycles. The van der Waals surface area contributed by atoms with Gasteiger partial charge in [0.1, 0.15) is 0 Å². The van der Waals surface area contributed by atoms with Crippen molar-refractivity contribution < 1.29 is 14.6 Å². The predicted molar refractivity (Wildman–Crippen MR) is 29.8 cm³/mol. The van der Waals surface area contributed by atoms with Crippen LogP contribution in [0.4, 0.5) is 0 Å². The normalized spacial score (nSPS) is 8.62. The van der Waals surface area contributed by atoms with Gasteiger partial charge in [-0.25, -0.2) is 0 Å². The van der Waals surface area contributed by atoms with Crippen molar-refractivity contribution in [3.05, 3.63) is 0 Å². The largest absolute Gasteiger partial charge is 0.480 e. The molecule has 2 N–H and O–H groups in total. The molecule has 4 nitrogen and oxygen atoms in total. The highest BCUT2D eigenvalue weighted by atomic mass is 16.4. The van der Waals surface area contributed by atoms with Crippen molar-refractivity contribution in [2.45, 2.75) is 0 Å². The summed E-state index contributed by atoms with van der Waals surface area (Å²) in [7, 11) is 1.78. The molecule has 0 bridgehead atoms. The van der Waals surface area contributed by atoms with Gasteiger partial charge in [0.25, 0.3) is 0 Å². The fourth-order valence-electron chi connectivity index (χ4n) is 0.260. The van der Waals surface area contributed by atoms with E-state index in [1.165, 1.54) is 7.11 Å². The fourth-order valence-corrected chi connectivity index (χ4v) is 0.260. The monoisotopic (exact) mass is 117 g/mol. The first kappa shape index (κ1) is 7.45. The van der Waals surface area contributed by atoms with E-state index >= 15 is 0 Å². The van der Waals surface area contributed by atoms with E-state index in [0.717, 1.165) is 0 Å². The molecular weight excluding hydrogens is 109 g/mol. The second-order valence-corrected chi connectivity index (χ2v) is 1.25. The van der Waals surface area contributed by atoms with Gasteiger partial charge in [0.2, 0.25) is 0 Å². The van der Waals surface area contributed by atoms with Crippen molar-refractivity contribution >= 4 is 13.6 Å². The van der Waals surface area contributed by atoms with Gasteiger partial charge in [0, 0.05) is 7.11 Å². The minimum atomic E-state index is -0.873. The van der Waals surface area contributed by atoms with Crippen molar-refractivity contribution in [2.75, 3.05) is 13.7 Å². The first-order chi connectivity index (χ1) is 3.77. The molecule has 0 saturated heterocycles. The van der Waals surface area contributed by atoms with Crippen LogP contribution in [0.3, 0.4) is 0 Å². The fraction of sp³-hybridized carbons (Fsp3) is 0.667. The summed E-state index contributed by atoms with van der Waals surface area (Å²) in [5, 5.41) is 10.5. The maximum atomic E-state index is 9.76. The Labute approximate surface area is 48.1 Å². The molecule has 0 radical (unpaired) electrons. The molecule has 0 spiro atoms. The molecule has 0 aromatic heterocycles. The topological polar surface area (TPSA) is 58.6 Å². The highest BCUT2D eigenvalue weighted by Crippen LogP contribution is 1.57. The Morgan fingerprint density at radius 2 is 2.62 bits per heavy atom. The Kier molecular flexibility index (Phi) is 4.30. The van der Waals surface area contributed by atoms with Crippen LogP contribution >= 0.6 is 0 Å². The van der Waals surface area contributed by atoms with Crippen LogP contribution in [0.15, 0.2) is 0 Å². The molecule has 0 fully saturated rings. The summed E-state index contributed by atoms with van der Waals surface area (Å²) < 4.78 is 4.52. The van der Waals surface area contributed by atoms with Crippen molar-refractivity contribution in [1.82, 2.24) is 5.23 Å². The van der Waals surface area contributed by atoms with Crippen molar-refractivity contribution in [1.29, 1.82) is 0 Å². The van der Waals surface area contributed by atoms with Crippen molar-refractivity contribution in [3.8, 4) is 0 Å². The van der Waals surface area contributed by atoms with E-state index in [-0.39, 0.29) is 14.2 Å². The van der Waals surface area contributed by atoms with Gasteiger partial charge in [-0.05, 0) is 0 Å². The number of rotatable bonds is 4. The molecule has 5 heteroatoms. The second kappa shape index (κ2) is 4.61. The van der Waals surface area contributed by atoms with Crippen molar-refractivity contribution in [2.24, 2.45) is 0 Å². The molecule has 8 heavy (non-hydrogen) atoms. The summed E-state index contributed by atoms with van der Waals surface area (Å²) in [5.74, 6) is -0.873. The van der Waals surface area contributed by atoms with Gasteiger partial charge in [-0.15, -0.1) is 0 Å². The van der Waals surface area contributed by atoms with Gasteiger partial charge < -0.3 is 15.0 Å². The Bertz CT molecular complexity index is 76.9. The van der Waals surface area contributed by atoms with E-state index < -0.39 is 5.97 Å². The van der Waals surface area contributed by atoms with E-state index in [2.05, 4.69) is 9.88 Å². The van der Waals surface area contributed by atoms with Crippen LogP contribution in [0.2, 0.25) is 0 Å². The Hall–Kier alpha value is -0.545. The third-order valence-corrected chi connectivity index (χ3v) is 0.523. The predicted octanol–water partition coefficient (Wildman–Crippen LogP) is -1.43. The Morgan fingerprint density at radius 1 is 2.00 bits per heavy atom. The zero-order valence-corrected chi connectivity index (χ0v) is 4.68. The average Bonchev–Trinajstić information content (AvgIpc) is 1.66. The van der Waals surface area contributed by atoms with Crippen LogP contribution in [0.5, 0.6) is 0 Å². The second-order valence-electron chi connectivity index (χ2n) is 1.25. The first-order valence-corrected chi connectivity index (χ1v) is 2.19. The van der Waals surface area contributed by atoms with Crippen LogP contribution in [0, 0.1) is 0 Å². The van der Waals surface area contributed by atoms with E-state index in [0.29, 0.717) is 0 Å². The zero-order chi connectivity index (χ0) is 6.41. The van der Waals surface area contributed by atoms with Gasteiger partial charge >= 0.3 is 13.6 Å². The summed E-state index contributed by atoms with van der Waals surface area (Å²) in [4.78, 5) is 9.76. The summed E-state index contributed by atoms with van der Waals surface area (Å²) in [6.07, 6.45) is 0. The summed E-state index contributed by atoms with van der Waals surface area (Å²) in [5.41, 5.74) is 0. The maximum absolute atomic E-state index is 9.76. The lowest BCUT2D eigenvalue weighted by Gasteiger charge is -1.93. The lowest BCUT2D eigenvalue weighted by atomic mass is 10.3. The number of carboxylic acids is 1. The third kappa shape index (κ3) is 5.45. The number of carbonyl (C=O) groups is 1. The Balaban J connectivity index is 2.82. The molecule has 0 saturated carbocycles. The lowest BCUT2D eigenvalue weighted by Crippen LogP contribution is -2.27. The van der Waals surface area contributed by atoms with Crippen LogP contribution in [-0.4, -0.2) is 32.3 Å². The summed E-state index contributed by atoms with van der Waals surface area (Å²) in [6, 6.07) is 0. The van der Waals surface area contributed by atoms with E-state index in [1.807, 2.05) is 0 Å². The molecule has 0 aliphatic heterocycles. The molecule has 46 valence electrons. The van der Waals surface area contributed by atoms with Crippen LogP contribution in [0.25, 0.3) is 0 Å². The molecule has 0 unspecified atom stereocenters. The van der Waals surface area contributed by atoms with E-state index in [4.69, 9.17) is 5.11 Å². The maximum Gasteiger partial charge on any atom is 0.360 e. The van der Waals surface area contributed by atoms with Crippen molar-refractivity contribution in [3.63, 3.8) is 0 Å².